The molecule has 18 heavy (non-hydrogen) atoms. The van der Waals surface area contributed by atoms with Crippen molar-refractivity contribution >= 4 is 12.2 Å². The Bertz CT molecular complexity index is 532. The van der Waals surface area contributed by atoms with E-state index in [0.29, 0.717) is 6.54 Å². The van der Waals surface area contributed by atoms with Crippen LogP contribution < -0.4 is 5.32 Å². The maximum atomic E-state index is 10.2. The number of nitrogens with one attached hydrogen (secondary N) is 1. The summed E-state index contributed by atoms with van der Waals surface area (Å²) in [5, 5.41) is 18.1. The highest BCUT2D eigenvalue weighted by molar-refractivity contribution is 5.65. The second-order valence-electron chi connectivity index (χ2n) is 3.55. The monoisotopic (exact) mass is 244 g/mol. The van der Waals surface area contributed by atoms with E-state index in [1.54, 1.807) is 23.3 Å². The lowest BCUT2D eigenvalue weighted by atomic mass is 10.2. The Hall–Kier alpha value is -2.63. The molecule has 0 radical (unpaired) electrons. The van der Waals surface area contributed by atoms with Crippen molar-refractivity contribution in [2.45, 2.75) is 0 Å². The topological polar surface area (TPSA) is 80.0 Å². The Morgan fingerprint density at radius 1 is 1.28 bits per heavy atom. The predicted octanol–water partition coefficient (Wildman–Crippen LogP) is 1.55. The third kappa shape index (κ3) is 3.18. The summed E-state index contributed by atoms with van der Waals surface area (Å²) in [6.45, 7) is 0.294. The van der Waals surface area contributed by atoms with Gasteiger partial charge in [-0.3, -0.25) is 4.57 Å². The zero-order valence-corrected chi connectivity index (χ0v) is 9.52. The minimum Gasteiger partial charge on any atom is -0.465 e. The summed E-state index contributed by atoms with van der Waals surface area (Å²) in [5.41, 5.74) is 1.97. The maximum absolute atomic E-state index is 10.2. The predicted molar refractivity (Wildman–Crippen MR) is 66.4 cm³/mol. The van der Waals surface area contributed by atoms with Crippen LogP contribution in [0.2, 0.25) is 0 Å². The smallest absolute Gasteiger partial charge is 0.404 e. The van der Waals surface area contributed by atoms with E-state index in [-0.39, 0.29) is 0 Å². The average Bonchev–Trinajstić information content (AvgIpc) is 2.89. The second-order valence-corrected chi connectivity index (χ2v) is 3.55. The van der Waals surface area contributed by atoms with E-state index in [2.05, 4.69) is 15.5 Å². The van der Waals surface area contributed by atoms with Gasteiger partial charge in [-0.05, 0) is 17.7 Å². The Balaban J connectivity index is 1.98. The Kier molecular flexibility index (Phi) is 3.70. The number of aromatic nitrogens is 3. The van der Waals surface area contributed by atoms with Gasteiger partial charge in [-0.15, -0.1) is 10.2 Å². The summed E-state index contributed by atoms with van der Waals surface area (Å²) in [5.74, 6) is 0. The molecule has 0 aliphatic rings. The molecule has 1 heterocycles. The van der Waals surface area contributed by atoms with Crippen molar-refractivity contribution in [2.75, 3.05) is 6.54 Å². The zero-order valence-electron chi connectivity index (χ0n) is 9.52. The van der Waals surface area contributed by atoms with Crippen molar-refractivity contribution < 1.29 is 9.90 Å². The van der Waals surface area contributed by atoms with Gasteiger partial charge in [0.25, 0.3) is 0 Å². The zero-order chi connectivity index (χ0) is 12.8. The number of rotatable bonds is 4. The molecule has 0 spiro atoms. The summed E-state index contributed by atoms with van der Waals surface area (Å²) >= 11 is 0. The van der Waals surface area contributed by atoms with Gasteiger partial charge in [-0.1, -0.05) is 24.3 Å². The molecule has 1 amide bonds. The van der Waals surface area contributed by atoms with Crippen LogP contribution in [-0.2, 0) is 0 Å². The quantitative estimate of drug-likeness (QED) is 0.855. The molecule has 0 fully saturated rings. The van der Waals surface area contributed by atoms with E-state index in [4.69, 9.17) is 5.11 Å². The van der Waals surface area contributed by atoms with Gasteiger partial charge < -0.3 is 10.4 Å². The number of hydrogen-bond donors (Lipinski definition) is 2. The number of carboxylic acid groups (broad SMARTS) is 1. The van der Waals surface area contributed by atoms with Gasteiger partial charge >= 0.3 is 6.09 Å². The first-order chi connectivity index (χ1) is 8.75. The molecule has 0 saturated carbocycles. The molecule has 2 aromatic rings. The van der Waals surface area contributed by atoms with Gasteiger partial charge in [0.2, 0.25) is 0 Å². The molecule has 2 N–H and O–H groups in total. The third-order valence-electron chi connectivity index (χ3n) is 2.29. The highest BCUT2D eigenvalue weighted by Crippen LogP contribution is 2.09. The highest BCUT2D eigenvalue weighted by atomic mass is 16.4. The van der Waals surface area contributed by atoms with Gasteiger partial charge in [0.15, 0.2) is 0 Å². The van der Waals surface area contributed by atoms with Gasteiger partial charge in [-0.25, -0.2) is 4.79 Å². The summed E-state index contributed by atoms with van der Waals surface area (Å²) in [6, 6.07) is 7.75. The molecule has 6 heteroatoms. The number of hydrogen-bond acceptors (Lipinski definition) is 3. The van der Waals surface area contributed by atoms with Crippen LogP contribution in [0, 0.1) is 0 Å². The molecule has 6 nitrogen and oxygen atoms in total. The van der Waals surface area contributed by atoms with Crippen molar-refractivity contribution in [1.29, 1.82) is 0 Å². The first-order valence-corrected chi connectivity index (χ1v) is 5.34. The van der Waals surface area contributed by atoms with Gasteiger partial charge in [0.05, 0.1) is 0 Å². The Labute approximate surface area is 104 Å². The molecule has 0 saturated heterocycles. The van der Waals surface area contributed by atoms with Crippen LogP contribution >= 0.6 is 0 Å². The fraction of sp³-hybridized carbons (Fsp3) is 0.0833. The average molecular weight is 244 g/mol. The first-order valence-electron chi connectivity index (χ1n) is 5.34. The molecular weight excluding hydrogens is 232 g/mol. The summed E-state index contributed by atoms with van der Waals surface area (Å²) in [4.78, 5) is 10.2. The van der Waals surface area contributed by atoms with Crippen LogP contribution in [-0.4, -0.2) is 32.5 Å². The van der Waals surface area contributed by atoms with Crippen molar-refractivity contribution in [2.24, 2.45) is 0 Å². The fourth-order valence-corrected chi connectivity index (χ4v) is 1.43. The minimum absolute atomic E-state index is 0.294. The molecule has 0 unspecified atom stereocenters. The van der Waals surface area contributed by atoms with Crippen molar-refractivity contribution in [3.8, 4) is 5.69 Å². The lowest BCUT2D eigenvalue weighted by molar-refractivity contribution is 0.195. The lowest BCUT2D eigenvalue weighted by Crippen LogP contribution is -2.20. The molecule has 2 rings (SSSR count). The van der Waals surface area contributed by atoms with E-state index >= 15 is 0 Å². The van der Waals surface area contributed by atoms with E-state index in [1.807, 2.05) is 30.3 Å². The first kappa shape index (κ1) is 11.8. The normalized spacial score (nSPS) is 10.7. The minimum atomic E-state index is -1.03. The fourth-order valence-electron chi connectivity index (χ4n) is 1.43. The molecule has 0 bridgehead atoms. The third-order valence-corrected chi connectivity index (χ3v) is 2.29. The van der Waals surface area contributed by atoms with E-state index in [9.17, 15) is 4.79 Å². The molecule has 1 aromatic heterocycles. The molecule has 92 valence electrons. The van der Waals surface area contributed by atoms with Crippen molar-refractivity contribution in [3.63, 3.8) is 0 Å². The summed E-state index contributed by atoms with van der Waals surface area (Å²) < 4.78 is 1.81. The van der Waals surface area contributed by atoms with Gasteiger partial charge in [-0.2, -0.15) is 0 Å². The van der Waals surface area contributed by atoms with Crippen LogP contribution in [0.1, 0.15) is 5.56 Å². The standard InChI is InChI=1S/C12H12N4O2/c17-12(18)13-7-1-2-10-3-5-11(6-4-10)16-8-14-15-9-16/h1-6,8-9,13H,7H2,(H,17,18)/b2-1+. The molecule has 1 aromatic carbocycles. The number of benzene rings is 1. The van der Waals surface area contributed by atoms with Gasteiger partial charge in [0, 0.05) is 12.2 Å². The summed E-state index contributed by atoms with van der Waals surface area (Å²) in [6.07, 6.45) is 5.83. The lowest BCUT2D eigenvalue weighted by Gasteiger charge is -2.01. The highest BCUT2D eigenvalue weighted by Gasteiger charge is 1.95. The Morgan fingerprint density at radius 2 is 1.94 bits per heavy atom. The number of amides is 1. The van der Waals surface area contributed by atoms with E-state index < -0.39 is 6.09 Å². The van der Waals surface area contributed by atoms with Crippen LogP contribution in [0.4, 0.5) is 4.79 Å². The number of carbonyl (C=O) groups is 1. The van der Waals surface area contributed by atoms with Crippen LogP contribution in [0.15, 0.2) is 43.0 Å². The second kappa shape index (κ2) is 5.62. The Morgan fingerprint density at radius 3 is 2.56 bits per heavy atom. The van der Waals surface area contributed by atoms with E-state index in [0.717, 1.165) is 11.3 Å². The molecule has 0 aliphatic carbocycles. The largest absolute Gasteiger partial charge is 0.465 e. The van der Waals surface area contributed by atoms with Crippen molar-refractivity contribution in [1.82, 2.24) is 20.1 Å². The van der Waals surface area contributed by atoms with Crippen LogP contribution in [0.25, 0.3) is 11.8 Å². The molecule has 0 aliphatic heterocycles. The summed E-state index contributed by atoms with van der Waals surface area (Å²) in [7, 11) is 0. The van der Waals surface area contributed by atoms with Crippen LogP contribution in [0.5, 0.6) is 0 Å². The maximum Gasteiger partial charge on any atom is 0.404 e. The van der Waals surface area contributed by atoms with Crippen molar-refractivity contribution in [3.05, 3.63) is 48.6 Å². The van der Waals surface area contributed by atoms with Crippen LogP contribution in [0.3, 0.4) is 0 Å². The number of nitrogens with zero attached hydrogens (tertiary/aromatic N) is 3. The molecular formula is C12H12N4O2. The molecule has 0 atom stereocenters. The van der Waals surface area contributed by atoms with Gasteiger partial charge in [0.1, 0.15) is 12.7 Å². The van der Waals surface area contributed by atoms with E-state index in [1.165, 1.54) is 0 Å². The SMILES string of the molecule is O=C(O)NC/C=C/c1ccc(-n2cnnc2)cc1.